The van der Waals surface area contributed by atoms with Gasteiger partial charge in [0.15, 0.2) is 6.29 Å². The largest absolute Gasteiger partial charge is 0.497 e. The summed E-state index contributed by atoms with van der Waals surface area (Å²) in [5, 5.41) is 0.945. The van der Waals surface area contributed by atoms with Crippen molar-refractivity contribution in [3.63, 3.8) is 0 Å². The molecule has 0 fully saturated rings. The third-order valence-corrected chi connectivity index (χ3v) is 3.98. The first-order valence-electron chi connectivity index (χ1n) is 6.58. The molecule has 0 N–H and O–H groups in total. The quantitative estimate of drug-likeness (QED) is 0.662. The van der Waals surface area contributed by atoms with Gasteiger partial charge in [0.2, 0.25) is 0 Å². The maximum Gasteiger partial charge on any atom is 0.152 e. The summed E-state index contributed by atoms with van der Waals surface area (Å²) in [5.74, 6) is 0.786. The lowest BCUT2D eigenvalue weighted by molar-refractivity contribution is 0.112. The normalized spacial score (nSPS) is 10.8. The van der Waals surface area contributed by atoms with Crippen LogP contribution >= 0.6 is 15.9 Å². The highest BCUT2D eigenvalue weighted by atomic mass is 79.9. The average Bonchev–Trinajstić information content (AvgIpc) is 2.84. The summed E-state index contributed by atoms with van der Waals surface area (Å²) >= 11 is 3.48. The lowest BCUT2D eigenvalue weighted by Crippen LogP contribution is -1.98. The number of aldehydes is 1. The fourth-order valence-electron chi connectivity index (χ4n) is 2.48. The highest BCUT2D eigenvalue weighted by Crippen LogP contribution is 2.26. The van der Waals surface area contributed by atoms with Gasteiger partial charge in [-0.15, -0.1) is 0 Å². The summed E-state index contributed by atoms with van der Waals surface area (Å²) in [6, 6.07) is 13.9. The number of benzene rings is 2. The molecule has 0 saturated heterocycles. The molecule has 3 rings (SSSR count). The monoisotopic (exact) mass is 343 g/mol. The fraction of sp³-hybridized carbons (Fsp3) is 0.118. The van der Waals surface area contributed by atoms with Gasteiger partial charge in [0.1, 0.15) is 5.75 Å². The topological polar surface area (TPSA) is 31.2 Å². The molecule has 1 heterocycles. The zero-order chi connectivity index (χ0) is 14.8. The Labute approximate surface area is 131 Å². The highest BCUT2D eigenvalue weighted by Gasteiger charge is 2.09. The zero-order valence-corrected chi connectivity index (χ0v) is 13.1. The Kier molecular flexibility index (Phi) is 3.80. The minimum absolute atomic E-state index is 0.697. The number of hydrogen-bond donors (Lipinski definition) is 0. The first-order chi connectivity index (χ1) is 10.2. The number of fused-ring (bicyclic) bond motifs is 1. The zero-order valence-electron chi connectivity index (χ0n) is 11.5. The van der Waals surface area contributed by atoms with E-state index in [4.69, 9.17) is 4.74 Å². The van der Waals surface area contributed by atoms with Crippen LogP contribution in [0.2, 0.25) is 0 Å². The lowest BCUT2D eigenvalue weighted by atomic mass is 10.2. The van der Waals surface area contributed by atoms with Crippen molar-refractivity contribution in [1.29, 1.82) is 0 Å². The van der Waals surface area contributed by atoms with Crippen molar-refractivity contribution >= 4 is 33.1 Å². The van der Waals surface area contributed by atoms with E-state index in [-0.39, 0.29) is 0 Å². The van der Waals surface area contributed by atoms with E-state index in [1.165, 1.54) is 5.56 Å². The summed E-state index contributed by atoms with van der Waals surface area (Å²) in [4.78, 5) is 11.2. The van der Waals surface area contributed by atoms with E-state index >= 15 is 0 Å². The molecule has 2 aromatic carbocycles. The molecule has 0 unspecified atom stereocenters. The molecule has 21 heavy (non-hydrogen) atoms. The molecule has 1 aromatic heterocycles. The fourth-order valence-corrected chi connectivity index (χ4v) is 2.93. The van der Waals surface area contributed by atoms with Crippen molar-refractivity contribution in [2.24, 2.45) is 0 Å². The number of nitrogens with zero attached hydrogens (tertiary/aromatic N) is 1. The number of methoxy groups -OCH3 is 1. The van der Waals surface area contributed by atoms with E-state index in [2.05, 4.69) is 32.6 Å². The van der Waals surface area contributed by atoms with E-state index in [0.29, 0.717) is 12.1 Å². The smallest absolute Gasteiger partial charge is 0.152 e. The Morgan fingerprint density at radius 3 is 2.81 bits per heavy atom. The lowest BCUT2D eigenvalue weighted by Gasteiger charge is -2.07. The molecular weight excluding hydrogens is 330 g/mol. The molecule has 0 atom stereocenters. The molecule has 0 spiro atoms. The van der Waals surface area contributed by atoms with Gasteiger partial charge in [-0.25, -0.2) is 0 Å². The molecule has 0 radical (unpaired) electrons. The molecule has 0 saturated carbocycles. The first-order valence-corrected chi connectivity index (χ1v) is 7.37. The Balaban J connectivity index is 2.10. The molecule has 0 amide bonds. The van der Waals surface area contributed by atoms with Crippen molar-refractivity contribution in [3.05, 3.63) is 64.3 Å². The van der Waals surface area contributed by atoms with Crippen molar-refractivity contribution in [3.8, 4) is 5.75 Å². The van der Waals surface area contributed by atoms with Crippen LogP contribution in [-0.2, 0) is 6.54 Å². The van der Waals surface area contributed by atoms with Crippen LogP contribution in [0.5, 0.6) is 5.75 Å². The van der Waals surface area contributed by atoms with E-state index in [0.717, 1.165) is 27.4 Å². The number of rotatable bonds is 4. The molecule has 3 nitrogen and oxygen atoms in total. The van der Waals surface area contributed by atoms with Crippen molar-refractivity contribution in [2.45, 2.75) is 6.54 Å². The predicted molar refractivity (Wildman–Crippen MR) is 87.1 cm³/mol. The van der Waals surface area contributed by atoms with Crippen LogP contribution in [0.1, 0.15) is 15.9 Å². The third kappa shape index (κ3) is 2.72. The second-order valence-corrected chi connectivity index (χ2v) is 5.76. The van der Waals surface area contributed by atoms with Crippen LogP contribution in [0.25, 0.3) is 10.9 Å². The number of ether oxygens (including phenoxy) is 1. The van der Waals surface area contributed by atoms with Crippen LogP contribution in [0.3, 0.4) is 0 Å². The van der Waals surface area contributed by atoms with Crippen LogP contribution in [0.15, 0.2) is 53.1 Å². The van der Waals surface area contributed by atoms with E-state index in [1.54, 1.807) is 7.11 Å². The molecule has 0 aliphatic rings. The predicted octanol–water partition coefficient (Wildman–Crippen LogP) is 4.27. The molecule has 3 aromatic rings. The summed E-state index contributed by atoms with van der Waals surface area (Å²) in [7, 11) is 1.64. The maximum absolute atomic E-state index is 11.2. The van der Waals surface area contributed by atoms with Crippen LogP contribution < -0.4 is 4.74 Å². The van der Waals surface area contributed by atoms with Gasteiger partial charge in [0, 0.05) is 34.2 Å². The van der Waals surface area contributed by atoms with E-state index in [1.807, 2.05) is 36.5 Å². The minimum Gasteiger partial charge on any atom is -0.497 e. The average molecular weight is 344 g/mol. The second kappa shape index (κ2) is 5.74. The first kappa shape index (κ1) is 13.9. The number of carbonyl (C=O) groups excluding carboxylic acids is 1. The maximum atomic E-state index is 11.2. The molecule has 0 bridgehead atoms. The van der Waals surface area contributed by atoms with Crippen molar-refractivity contribution in [1.82, 2.24) is 4.57 Å². The van der Waals surface area contributed by atoms with Crippen LogP contribution in [0, 0.1) is 0 Å². The molecular formula is C17H14BrNO2. The van der Waals surface area contributed by atoms with Gasteiger partial charge < -0.3 is 9.30 Å². The summed E-state index contributed by atoms with van der Waals surface area (Å²) in [6.45, 7) is 0.705. The number of hydrogen-bond acceptors (Lipinski definition) is 2. The van der Waals surface area contributed by atoms with Gasteiger partial charge in [-0.2, -0.15) is 0 Å². The summed E-state index contributed by atoms with van der Waals surface area (Å²) < 4.78 is 8.40. The Morgan fingerprint density at radius 2 is 2.10 bits per heavy atom. The number of aromatic nitrogens is 1. The van der Waals surface area contributed by atoms with Gasteiger partial charge >= 0.3 is 0 Å². The summed E-state index contributed by atoms with van der Waals surface area (Å²) in [5.41, 5.74) is 2.86. The third-order valence-electron chi connectivity index (χ3n) is 3.49. The molecule has 0 aliphatic heterocycles. The van der Waals surface area contributed by atoms with E-state index < -0.39 is 0 Å². The van der Waals surface area contributed by atoms with Crippen molar-refractivity contribution < 1.29 is 9.53 Å². The molecule has 4 heteroatoms. The molecule has 0 aliphatic carbocycles. The highest BCUT2D eigenvalue weighted by molar-refractivity contribution is 9.10. The van der Waals surface area contributed by atoms with Gasteiger partial charge in [-0.05, 0) is 29.8 Å². The van der Waals surface area contributed by atoms with Crippen molar-refractivity contribution in [2.75, 3.05) is 7.11 Å². The SMILES string of the molecule is COc1ccc2c(C=O)cn(Cc3cccc(Br)c3)c2c1. The Hall–Kier alpha value is -2.07. The molecule has 106 valence electrons. The Bertz CT molecular complexity index is 808. The van der Waals surface area contributed by atoms with Crippen LogP contribution in [-0.4, -0.2) is 18.0 Å². The van der Waals surface area contributed by atoms with Gasteiger partial charge in [0.05, 0.1) is 12.6 Å². The van der Waals surface area contributed by atoms with Gasteiger partial charge in [-0.1, -0.05) is 28.1 Å². The van der Waals surface area contributed by atoms with E-state index in [9.17, 15) is 4.79 Å². The number of halogens is 1. The minimum atomic E-state index is 0.697. The standard InChI is InChI=1S/C17H14BrNO2/c1-21-15-5-6-16-13(11-20)10-19(17(16)8-15)9-12-3-2-4-14(18)7-12/h2-8,10-11H,9H2,1H3. The van der Waals surface area contributed by atoms with Crippen LogP contribution in [0.4, 0.5) is 0 Å². The van der Waals surface area contributed by atoms with Gasteiger partial charge in [0.25, 0.3) is 0 Å². The summed E-state index contributed by atoms with van der Waals surface area (Å²) in [6.07, 6.45) is 2.78. The number of carbonyl (C=O) groups is 1. The Morgan fingerprint density at radius 1 is 1.24 bits per heavy atom. The van der Waals surface area contributed by atoms with Gasteiger partial charge in [-0.3, -0.25) is 4.79 Å². The second-order valence-electron chi connectivity index (χ2n) is 4.84.